The van der Waals surface area contributed by atoms with Crippen molar-refractivity contribution in [1.82, 2.24) is 10.2 Å². The summed E-state index contributed by atoms with van der Waals surface area (Å²) < 4.78 is 0. The van der Waals surface area contributed by atoms with Crippen LogP contribution in [0.15, 0.2) is 24.3 Å². The Labute approximate surface area is 104 Å². The van der Waals surface area contributed by atoms with Crippen molar-refractivity contribution in [1.29, 1.82) is 5.26 Å². The fourth-order valence-corrected chi connectivity index (χ4v) is 2.30. The minimum atomic E-state index is 0.654. The van der Waals surface area contributed by atoms with Gasteiger partial charge in [0.2, 0.25) is 0 Å². The zero-order valence-electron chi connectivity index (χ0n) is 9.26. The lowest BCUT2D eigenvalue weighted by molar-refractivity contribution is 0.812. The number of aromatic nitrogens is 2. The van der Waals surface area contributed by atoms with Gasteiger partial charge in [-0.25, -0.2) is 0 Å². The van der Waals surface area contributed by atoms with Crippen molar-refractivity contribution in [3.63, 3.8) is 0 Å². The predicted molar refractivity (Wildman–Crippen MR) is 67.4 cm³/mol. The lowest BCUT2D eigenvalue weighted by Crippen LogP contribution is -1.99. The van der Waals surface area contributed by atoms with Crippen molar-refractivity contribution in [2.24, 2.45) is 5.73 Å². The van der Waals surface area contributed by atoms with Gasteiger partial charge in [0.1, 0.15) is 10.0 Å². The number of nitriles is 1. The van der Waals surface area contributed by atoms with Crippen molar-refractivity contribution < 1.29 is 0 Å². The molecule has 0 aliphatic rings. The van der Waals surface area contributed by atoms with Gasteiger partial charge < -0.3 is 5.73 Å². The molecule has 1 heterocycles. The Morgan fingerprint density at radius 1 is 1.24 bits per heavy atom. The van der Waals surface area contributed by atoms with Crippen LogP contribution in [0.2, 0.25) is 0 Å². The molecule has 2 rings (SSSR count). The van der Waals surface area contributed by atoms with Crippen LogP contribution >= 0.6 is 11.3 Å². The van der Waals surface area contributed by atoms with E-state index in [9.17, 15) is 0 Å². The molecule has 0 aliphatic heterocycles. The van der Waals surface area contributed by atoms with Crippen LogP contribution in [-0.2, 0) is 6.42 Å². The number of hydrogen-bond donors (Lipinski definition) is 1. The molecule has 86 valence electrons. The predicted octanol–water partition coefficient (Wildman–Crippen LogP) is 1.97. The van der Waals surface area contributed by atoms with E-state index in [2.05, 4.69) is 16.3 Å². The van der Waals surface area contributed by atoms with Gasteiger partial charge in [-0.15, -0.1) is 10.2 Å². The SMILES string of the molecule is N#Cc1ccc(-c2nnc(CCCN)s2)cc1. The Morgan fingerprint density at radius 2 is 2.00 bits per heavy atom. The highest BCUT2D eigenvalue weighted by Crippen LogP contribution is 2.24. The molecule has 0 spiro atoms. The summed E-state index contributed by atoms with van der Waals surface area (Å²) in [5.41, 5.74) is 7.11. The van der Waals surface area contributed by atoms with Crippen LogP contribution in [0, 0.1) is 11.3 Å². The Morgan fingerprint density at radius 3 is 2.65 bits per heavy atom. The molecule has 17 heavy (non-hydrogen) atoms. The standard InChI is InChI=1S/C12H12N4S/c13-7-1-2-11-15-16-12(17-11)10-5-3-9(8-14)4-6-10/h3-6H,1-2,7,13H2. The number of hydrogen-bond acceptors (Lipinski definition) is 5. The fourth-order valence-electron chi connectivity index (χ4n) is 1.41. The van der Waals surface area contributed by atoms with E-state index in [0.29, 0.717) is 12.1 Å². The summed E-state index contributed by atoms with van der Waals surface area (Å²) in [5.74, 6) is 0. The van der Waals surface area contributed by atoms with Crippen molar-refractivity contribution in [2.75, 3.05) is 6.54 Å². The lowest BCUT2D eigenvalue weighted by atomic mass is 10.2. The number of nitrogens with two attached hydrogens (primary N) is 1. The van der Waals surface area contributed by atoms with Gasteiger partial charge in [-0.05, 0) is 25.1 Å². The molecule has 0 saturated heterocycles. The highest BCUT2D eigenvalue weighted by Gasteiger charge is 2.06. The molecular formula is C12H12N4S. The maximum Gasteiger partial charge on any atom is 0.147 e. The summed E-state index contributed by atoms with van der Waals surface area (Å²) in [4.78, 5) is 0. The molecule has 1 aromatic heterocycles. The van der Waals surface area contributed by atoms with Gasteiger partial charge >= 0.3 is 0 Å². The van der Waals surface area contributed by atoms with E-state index in [4.69, 9.17) is 11.0 Å². The molecule has 0 unspecified atom stereocenters. The molecule has 4 nitrogen and oxygen atoms in total. The second-order valence-electron chi connectivity index (χ2n) is 3.58. The van der Waals surface area contributed by atoms with E-state index in [-0.39, 0.29) is 0 Å². The first-order chi connectivity index (χ1) is 8.33. The van der Waals surface area contributed by atoms with E-state index in [1.807, 2.05) is 12.1 Å². The van der Waals surface area contributed by atoms with Crippen molar-refractivity contribution in [3.05, 3.63) is 34.8 Å². The first-order valence-electron chi connectivity index (χ1n) is 5.36. The van der Waals surface area contributed by atoms with Gasteiger partial charge in [0, 0.05) is 12.0 Å². The van der Waals surface area contributed by atoms with Gasteiger partial charge in [-0.2, -0.15) is 5.26 Å². The van der Waals surface area contributed by atoms with Crippen LogP contribution in [0.25, 0.3) is 10.6 Å². The van der Waals surface area contributed by atoms with Crippen LogP contribution in [0.4, 0.5) is 0 Å². The third kappa shape index (κ3) is 2.87. The average molecular weight is 244 g/mol. The van der Waals surface area contributed by atoms with Crippen molar-refractivity contribution in [2.45, 2.75) is 12.8 Å². The number of benzene rings is 1. The van der Waals surface area contributed by atoms with E-state index >= 15 is 0 Å². The minimum Gasteiger partial charge on any atom is -0.330 e. The highest BCUT2D eigenvalue weighted by molar-refractivity contribution is 7.14. The van der Waals surface area contributed by atoms with Gasteiger partial charge in [0.05, 0.1) is 11.6 Å². The summed E-state index contributed by atoms with van der Waals surface area (Å²) >= 11 is 1.58. The molecule has 5 heteroatoms. The van der Waals surface area contributed by atoms with Gasteiger partial charge in [-0.3, -0.25) is 0 Å². The summed E-state index contributed by atoms with van der Waals surface area (Å²) in [6.07, 6.45) is 1.81. The Kier molecular flexibility index (Phi) is 3.81. The molecule has 0 fully saturated rings. The molecule has 0 aliphatic carbocycles. The summed E-state index contributed by atoms with van der Waals surface area (Å²) in [5, 5.41) is 18.9. The minimum absolute atomic E-state index is 0.654. The highest BCUT2D eigenvalue weighted by atomic mass is 32.1. The van der Waals surface area contributed by atoms with E-state index in [0.717, 1.165) is 28.4 Å². The number of aryl methyl sites for hydroxylation is 1. The Hall–Kier alpha value is -1.77. The zero-order valence-corrected chi connectivity index (χ0v) is 10.1. The Bertz CT molecular complexity index is 524. The molecule has 0 saturated carbocycles. The molecule has 0 atom stereocenters. The van der Waals surface area contributed by atoms with Gasteiger partial charge in [0.15, 0.2) is 0 Å². The van der Waals surface area contributed by atoms with Crippen molar-refractivity contribution in [3.8, 4) is 16.6 Å². The monoisotopic (exact) mass is 244 g/mol. The van der Waals surface area contributed by atoms with E-state index in [1.165, 1.54) is 0 Å². The first kappa shape index (κ1) is 11.7. The van der Waals surface area contributed by atoms with Gasteiger partial charge in [0.25, 0.3) is 0 Å². The fraction of sp³-hybridized carbons (Fsp3) is 0.250. The van der Waals surface area contributed by atoms with E-state index < -0.39 is 0 Å². The summed E-state index contributed by atoms with van der Waals surface area (Å²) in [7, 11) is 0. The molecule has 0 radical (unpaired) electrons. The molecular weight excluding hydrogens is 232 g/mol. The molecule has 0 amide bonds. The summed E-state index contributed by atoms with van der Waals surface area (Å²) in [6.45, 7) is 0.672. The largest absolute Gasteiger partial charge is 0.330 e. The summed E-state index contributed by atoms with van der Waals surface area (Å²) in [6, 6.07) is 9.46. The maximum atomic E-state index is 8.71. The third-order valence-corrected chi connectivity index (χ3v) is 3.35. The van der Waals surface area contributed by atoms with Crippen LogP contribution < -0.4 is 5.73 Å². The molecule has 1 aromatic carbocycles. The quantitative estimate of drug-likeness (QED) is 0.892. The number of rotatable bonds is 4. The molecule has 0 bridgehead atoms. The maximum absolute atomic E-state index is 8.71. The topological polar surface area (TPSA) is 75.6 Å². The molecule has 2 aromatic rings. The second kappa shape index (κ2) is 5.53. The van der Waals surface area contributed by atoms with Crippen LogP contribution in [-0.4, -0.2) is 16.7 Å². The van der Waals surface area contributed by atoms with Crippen LogP contribution in [0.3, 0.4) is 0 Å². The van der Waals surface area contributed by atoms with Crippen LogP contribution in [0.5, 0.6) is 0 Å². The third-order valence-electron chi connectivity index (χ3n) is 2.32. The molecule has 2 N–H and O–H groups in total. The first-order valence-corrected chi connectivity index (χ1v) is 6.18. The second-order valence-corrected chi connectivity index (χ2v) is 4.64. The Balaban J connectivity index is 2.16. The smallest absolute Gasteiger partial charge is 0.147 e. The van der Waals surface area contributed by atoms with Crippen LogP contribution in [0.1, 0.15) is 17.0 Å². The van der Waals surface area contributed by atoms with Crippen molar-refractivity contribution >= 4 is 11.3 Å². The average Bonchev–Trinajstić information content (AvgIpc) is 2.85. The van der Waals surface area contributed by atoms with Gasteiger partial charge in [-0.1, -0.05) is 23.5 Å². The lowest BCUT2D eigenvalue weighted by Gasteiger charge is -1.94. The normalized spacial score (nSPS) is 10.1. The zero-order chi connectivity index (χ0) is 12.1. The van der Waals surface area contributed by atoms with E-state index in [1.54, 1.807) is 23.5 Å². The number of nitrogens with zero attached hydrogens (tertiary/aromatic N) is 3.